The van der Waals surface area contributed by atoms with Crippen molar-refractivity contribution in [3.05, 3.63) is 58.6 Å². The first-order chi connectivity index (χ1) is 9.63. The highest BCUT2D eigenvalue weighted by atomic mass is 35.5. The van der Waals surface area contributed by atoms with Crippen molar-refractivity contribution < 1.29 is 9.47 Å². The van der Waals surface area contributed by atoms with Gasteiger partial charge in [0.25, 0.3) is 0 Å². The molecule has 2 N–H and O–H groups in total. The number of benzene rings is 2. The molecule has 0 spiro atoms. The second-order valence-corrected chi connectivity index (χ2v) is 4.95. The van der Waals surface area contributed by atoms with Crippen molar-refractivity contribution in [3.8, 4) is 11.5 Å². The molecule has 0 aliphatic rings. The van der Waals surface area contributed by atoms with Gasteiger partial charge in [0.15, 0.2) is 0 Å². The first-order valence-electron chi connectivity index (χ1n) is 6.42. The van der Waals surface area contributed by atoms with Crippen LogP contribution in [-0.2, 0) is 6.61 Å². The van der Waals surface area contributed by atoms with Crippen LogP contribution in [0.3, 0.4) is 0 Å². The van der Waals surface area contributed by atoms with Crippen molar-refractivity contribution in [2.75, 3.05) is 7.11 Å². The first-order valence-corrected chi connectivity index (χ1v) is 6.80. The van der Waals surface area contributed by atoms with Crippen LogP contribution in [0.15, 0.2) is 42.5 Å². The Bertz CT molecular complexity index is 584. The van der Waals surface area contributed by atoms with E-state index < -0.39 is 0 Å². The summed E-state index contributed by atoms with van der Waals surface area (Å²) in [5.74, 6) is 1.45. The summed E-state index contributed by atoms with van der Waals surface area (Å²) in [6.45, 7) is 2.30. The molecule has 4 heteroatoms. The lowest BCUT2D eigenvalue weighted by atomic mass is 10.1. The quantitative estimate of drug-likeness (QED) is 0.907. The maximum atomic E-state index is 6.12. The Morgan fingerprint density at radius 1 is 1.10 bits per heavy atom. The van der Waals surface area contributed by atoms with E-state index >= 15 is 0 Å². The van der Waals surface area contributed by atoms with E-state index in [4.69, 9.17) is 26.8 Å². The number of methoxy groups -OCH3 is 1. The standard InChI is InChI=1S/C16H18ClNO2/c1-11(18)16-14(19-2)8-5-9-15(16)20-10-12-6-3-4-7-13(12)17/h3-9,11H,10,18H2,1-2H3/t11-/m1/s1. The molecule has 0 saturated heterocycles. The van der Waals surface area contributed by atoms with Crippen LogP contribution < -0.4 is 15.2 Å². The number of hydrogen-bond acceptors (Lipinski definition) is 3. The van der Waals surface area contributed by atoms with Gasteiger partial charge in [-0.15, -0.1) is 0 Å². The molecule has 0 heterocycles. The van der Waals surface area contributed by atoms with Crippen molar-refractivity contribution in [2.45, 2.75) is 19.6 Å². The molecule has 0 radical (unpaired) electrons. The summed E-state index contributed by atoms with van der Waals surface area (Å²) in [7, 11) is 1.62. The fourth-order valence-electron chi connectivity index (χ4n) is 2.05. The zero-order valence-electron chi connectivity index (χ0n) is 11.6. The van der Waals surface area contributed by atoms with Gasteiger partial charge in [0, 0.05) is 16.6 Å². The van der Waals surface area contributed by atoms with E-state index in [-0.39, 0.29) is 6.04 Å². The molecule has 2 aromatic carbocycles. The Morgan fingerprint density at radius 3 is 2.45 bits per heavy atom. The van der Waals surface area contributed by atoms with E-state index in [1.165, 1.54) is 0 Å². The Kier molecular flexibility index (Phi) is 4.88. The number of hydrogen-bond donors (Lipinski definition) is 1. The van der Waals surface area contributed by atoms with Crippen LogP contribution in [0, 0.1) is 0 Å². The summed E-state index contributed by atoms with van der Waals surface area (Å²) >= 11 is 6.12. The average molecular weight is 292 g/mol. The normalized spacial score (nSPS) is 12.0. The van der Waals surface area contributed by atoms with E-state index in [1.54, 1.807) is 7.11 Å². The Hall–Kier alpha value is -1.71. The van der Waals surface area contributed by atoms with Crippen LogP contribution in [0.5, 0.6) is 11.5 Å². The highest BCUT2D eigenvalue weighted by Crippen LogP contribution is 2.33. The van der Waals surface area contributed by atoms with E-state index in [0.29, 0.717) is 11.6 Å². The second-order valence-electron chi connectivity index (χ2n) is 4.54. The Balaban J connectivity index is 2.24. The molecule has 106 valence electrons. The van der Waals surface area contributed by atoms with E-state index in [2.05, 4.69) is 0 Å². The first kappa shape index (κ1) is 14.7. The predicted octanol–water partition coefficient (Wildman–Crippen LogP) is 3.95. The molecule has 0 amide bonds. The average Bonchev–Trinajstić information content (AvgIpc) is 2.45. The van der Waals surface area contributed by atoms with Gasteiger partial charge in [-0.2, -0.15) is 0 Å². The lowest BCUT2D eigenvalue weighted by Crippen LogP contribution is -2.10. The van der Waals surface area contributed by atoms with Crippen molar-refractivity contribution in [2.24, 2.45) is 5.73 Å². The molecular formula is C16H18ClNO2. The lowest BCUT2D eigenvalue weighted by Gasteiger charge is -2.17. The predicted molar refractivity (Wildman–Crippen MR) is 81.4 cm³/mol. The van der Waals surface area contributed by atoms with Gasteiger partial charge in [0.05, 0.1) is 12.7 Å². The van der Waals surface area contributed by atoms with Gasteiger partial charge in [-0.25, -0.2) is 0 Å². The zero-order valence-corrected chi connectivity index (χ0v) is 12.4. The van der Waals surface area contributed by atoms with Crippen LogP contribution in [-0.4, -0.2) is 7.11 Å². The molecule has 0 aliphatic carbocycles. The van der Waals surface area contributed by atoms with Gasteiger partial charge in [-0.3, -0.25) is 0 Å². The molecule has 0 saturated carbocycles. The van der Waals surface area contributed by atoms with E-state index in [9.17, 15) is 0 Å². The molecule has 0 fully saturated rings. The smallest absolute Gasteiger partial charge is 0.128 e. The van der Waals surface area contributed by atoms with Crippen LogP contribution in [0.25, 0.3) is 0 Å². The minimum absolute atomic E-state index is 0.174. The monoisotopic (exact) mass is 291 g/mol. The fraction of sp³-hybridized carbons (Fsp3) is 0.250. The third-order valence-corrected chi connectivity index (χ3v) is 3.41. The summed E-state index contributed by atoms with van der Waals surface area (Å²) in [6.07, 6.45) is 0. The maximum absolute atomic E-state index is 6.12. The van der Waals surface area contributed by atoms with E-state index in [1.807, 2.05) is 49.4 Å². The molecule has 2 rings (SSSR count). The summed E-state index contributed by atoms with van der Waals surface area (Å²) in [6, 6.07) is 13.1. The fourth-order valence-corrected chi connectivity index (χ4v) is 2.24. The topological polar surface area (TPSA) is 44.5 Å². The molecule has 3 nitrogen and oxygen atoms in total. The second kappa shape index (κ2) is 6.64. The van der Waals surface area contributed by atoms with Crippen molar-refractivity contribution in [3.63, 3.8) is 0 Å². The van der Waals surface area contributed by atoms with Gasteiger partial charge in [0.2, 0.25) is 0 Å². The van der Waals surface area contributed by atoms with Crippen LogP contribution in [0.1, 0.15) is 24.1 Å². The largest absolute Gasteiger partial charge is 0.496 e. The van der Waals surface area contributed by atoms with Crippen LogP contribution in [0.4, 0.5) is 0 Å². The molecule has 20 heavy (non-hydrogen) atoms. The number of nitrogens with two attached hydrogens (primary N) is 1. The van der Waals surface area contributed by atoms with Gasteiger partial charge < -0.3 is 15.2 Å². The molecule has 0 aliphatic heterocycles. The van der Waals surface area contributed by atoms with Gasteiger partial charge in [-0.1, -0.05) is 35.9 Å². The van der Waals surface area contributed by atoms with Crippen molar-refractivity contribution >= 4 is 11.6 Å². The Morgan fingerprint density at radius 2 is 1.80 bits per heavy atom. The van der Waals surface area contributed by atoms with Gasteiger partial charge in [-0.05, 0) is 25.1 Å². The summed E-state index contributed by atoms with van der Waals surface area (Å²) in [4.78, 5) is 0. The molecule has 1 atom stereocenters. The SMILES string of the molecule is COc1cccc(OCc2ccccc2Cl)c1[C@@H](C)N. The summed E-state index contributed by atoms with van der Waals surface area (Å²) < 4.78 is 11.2. The van der Waals surface area contributed by atoms with Crippen LogP contribution >= 0.6 is 11.6 Å². The summed E-state index contributed by atoms with van der Waals surface area (Å²) in [5.41, 5.74) is 7.80. The van der Waals surface area contributed by atoms with E-state index in [0.717, 1.165) is 22.6 Å². The van der Waals surface area contributed by atoms with Crippen molar-refractivity contribution in [1.29, 1.82) is 0 Å². The third kappa shape index (κ3) is 3.24. The maximum Gasteiger partial charge on any atom is 0.128 e. The highest BCUT2D eigenvalue weighted by Gasteiger charge is 2.14. The minimum atomic E-state index is -0.174. The third-order valence-electron chi connectivity index (χ3n) is 3.04. The minimum Gasteiger partial charge on any atom is -0.496 e. The molecule has 0 aromatic heterocycles. The molecule has 2 aromatic rings. The Labute approximate surface area is 124 Å². The lowest BCUT2D eigenvalue weighted by molar-refractivity contribution is 0.297. The number of ether oxygens (including phenoxy) is 2. The number of halogens is 1. The highest BCUT2D eigenvalue weighted by molar-refractivity contribution is 6.31. The van der Waals surface area contributed by atoms with Gasteiger partial charge in [0.1, 0.15) is 18.1 Å². The van der Waals surface area contributed by atoms with Crippen molar-refractivity contribution in [1.82, 2.24) is 0 Å². The molecule has 0 bridgehead atoms. The number of rotatable bonds is 5. The van der Waals surface area contributed by atoms with Crippen LogP contribution in [0.2, 0.25) is 5.02 Å². The molecular weight excluding hydrogens is 274 g/mol. The van der Waals surface area contributed by atoms with Gasteiger partial charge >= 0.3 is 0 Å². The summed E-state index contributed by atoms with van der Waals surface area (Å²) in [5, 5.41) is 0.692. The molecule has 0 unspecified atom stereocenters. The zero-order chi connectivity index (χ0) is 14.5.